The summed E-state index contributed by atoms with van der Waals surface area (Å²) in [7, 11) is 0. The van der Waals surface area contributed by atoms with Gasteiger partial charge in [-0.2, -0.15) is 0 Å². The number of benzene rings is 1. The van der Waals surface area contributed by atoms with Crippen molar-refractivity contribution in [3.63, 3.8) is 0 Å². The second-order valence-electron chi connectivity index (χ2n) is 7.68. The van der Waals surface area contributed by atoms with Crippen LogP contribution in [0.2, 0.25) is 0 Å². The summed E-state index contributed by atoms with van der Waals surface area (Å²) in [6.07, 6.45) is 3.46. The molecule has 0 aromatic heterocycles. The first kappa shape index (κ1) is 16.3. The number of halogens is 1. The van der Waals surface area contributed by atoms with Crippen LogP contribution in [-0.4, -0.2) is 11.0 Å². The maximum Gasteiger partial charge on any atom is 0.283 e. The van der Waals surface area contributed by atoms with Crippen LogP contribution < -0.4 is 5.32 Å². The lowest BCUT2D eigenvalue weighted by Gasteiger charge is -2.45. The second kappa shape index (κ2) is 5.59. The number of hydrogen-bond acceptors (Lipinski definition) is 3. The molecule has 1 aliphatic rings. The summed E-state index contributed by atoms with van der Waals surface area (Å²) in [5.74, 6) is 0. The van der Waals surface area contributed by atoms with E-state index in [1.807, 2.05) is 0 Å². The Balaban J connectivity index is 2.14. The molecule has 4 nitrogen and oxygen atoms in total. The zero-order valence-corrected chi connectivity index (χ0v) is 14.7. The molecule has 0 heterocycles. The van der Waals surface area contributed by atoms with Gasteiger partial charge in [-0.1, -0.05) is 27.7 Å². The van der Waals surface area contributed by atoms with Gasteiger partial charge in [0.05, 0.1) is 9.40 Å². The summed E-state index contributed by atoms with van der Waals surface area (Å²) >= 11 is 3.28. The average Bonchev–Trinajstić information content (AvgIpc) is 2.23. The quantitative estimate of drug-likeness (QED) is 0.585. The Hall–Kier alpha value is -1.10. The highest BCUT2D eigenvalue weighted by atomic mass is 79.9. The van der Waals surface area contributed by atoms with E-state index in [4.69, 9.17) is 0 Å². The van der Waals surface area contributed by atoms with Crippen molar-refractivity contribution in [1.82, 2.24) is 0 Å². The molecule has 1 N–H and O–H groups in total. The Labute approximate surface area is 134 Å². The van der Waals surface area contributed by atoms with E-state index < -0.39 is 0 Å². The third kappa shape index (κ3) is 4.19. The Morgan fingerprint density at radius 3 is 2.29 bits per heavy atom. The Kier molecular flexibility index (Phi) is 4.34. The monoisotopic (exact) mass is 354 g/mol. The van der Waals surface area contributed by atoms with Gasteiger partial charge in [-0.05, 0) is 58.2 Å². The highest BCUT2D eigenvalue weighted by molar-refractivity contribution is 9.10. The predicted molar refractivity (Wildman–Crippen MR) is 89.6 cm³/mol. The first-order valence-corrected chi connectivity index (χ1v) is 8.08. The van der Waals surface area contributed by atoms with Crippen LogP contribution in [0.15, 0.2) is 22.7 Å². The topological polar surface area (TPSA) is 55.2 Å². The van der Waals surface area contributed by atoms with Crippen molar-refractivity contribution in [2.45, 2.75) is 53.0 Å². The van der Waals surface area contributed by atoms with Gasteiger partial charge in [-0.25, -0.2) is 0 Å². The van der Waals surface area contributed by atoms with Gasteiger partial charge in [-0.15, -0.1) is 0 Å². The molecular weight excluding hydrogens is 332 g/mol. The summed E-state index contributed by atoms with van der Waals surface area (Å²) < 4.78 is 0.520. The second-order valence-corrected chi connectivity index (χ2v) is 8.53. The van der Waals surface area contributed by atoms with Crippen molar-refractivity contribution in [1.29, 1.82) is 0 Å². The molecule has 0 aliphatic heterocycles. The fraction of sp³-hybridized carbons (Fsp3) is 0.625. The smallest absolute Gasteiger partial charge is 0.283 e. The SMILES string of the molecule is CC1(C)CC(Nc2ccc([N+](=O)[O-])c(Br)c2)CC(C)(C)C1. The molecule has 0 bridgehead atoms. The van der Waals surface area contributed by atoms with E-state index in [2.05, 4.69) is 48.9 Å². The van der Waals surface area contributed by atoms with E-state index in [1.54, 1.807) is 18.2 Å². The number of hydrogen-bond donors (Lipinski definition) is 1. The molecule has 1 saturated carbocycles. The van der Waals surface area contributed by atoms with Gasteiger partial charge in [0.25, 0.3) is 5.69 Å². The predicted octanol–water partition coefficient (Wildman–Crippen LogP) is 5.37. The van der Waals surface area contributed by atoms with Crippen LogP contribution in [-0.2, 0) is 0 Å². The molecule has 21 heavy (non-hydrogen) atoms. The van der Waals surface area contributed by atoms with Crippen molar-refractivity contribution in [2.24, 2.45) is 10.8 Å². The molecule has 0 radical (unpaired) electrons. The van der Waals surface area contributed by atoms with Crippen LogP contribution in [0.5, 0.6) is 0 Å². The number of anilines is 1. The van der Waals surface area contributed by atoms with E-state index >= 15 is 0 Å². The molecule has 116 valence electrons. The van der Waals surface area contributed by atoms with Crippen LogP contribution >= 0.6 is 15.9 Å². The fourth-order valence-electron chi connectivity index (χ4n) is 3.93. The van der Waals surface area contributed by atoms with Crippen LogP contribution in [0.3, 0.4) is 0 Å². The zero-order chi connectivity index (χ0) is 15.8. The molecule has 0 spiro atoms. The van der Waals surface area contributed by atoms with E-state index in [-0.39, 0.29) is 10.6 Å². The van der Waals surface area contributed by atoms with Crippen molar-refractivity contribution in [3.8, 4) is 0 Å². The summed E-state index contributed by atoms with van der Waals surface area (Å²) in [4.78, 5) is 10.5. The molecular formula is C16H23BrN2O2. The molecule has 1 fully saturated rings. The fourth-order valence-corrected chi connectivity index (χ4v) is 4.45. The van der Waals surface area contributed by atoms with Crippen LogP contribution in [0.4, 0.5) is 11.4 Å². The maximum absolute atomic E-state index is 10.8. The number of nitrogens with zero attached hydrogens (tertiary/aromatic N) is 1. The summed E-state index contributed by atoms with van der Waals surface area (Å²) in [6.45, 7) is 9.26. The highest BCUT2D eigenvalue weighted by Gasteiger charge is 2.38. The first-order chi connectivity index (χ1) is 9.58. The highest BCUT2D eigenvalue weighted by Crippen LogP contribution is 2.46. The zero-order valence-electron chi connectivity index (χ0n) is 13.1. The molecule has 1 aromatic rings. The van der Waals surface area contributed by atoms with Crippen LogP contribution in [0.1, 0.15) is 47.0 Å². The third-order valence-electron chi connectivity index (χ3n) is 4.07. The first-order valence-electron chi connectivity index (χ1n) is 7.29. The van der Waals surface area contributed by atoms with Crippen LogP contribution in [0.25, 0.3) is 0 Å². The van der Waals surface area contributed by atoms with Crippen molar-refractivity contribution < 1.29 is 4.92 Å². The lowest BCUT2D eigenvalue weighted by molar-refractivity contribution is -0.385. The van der Waals surface area contributed by atoms with Gasteiger partial charge in [-0.3, -0.25) is 10.1 Å². The van der Waals surface area contributed by atoms with Gasteiger partial charge in [0.2, 0.25) is 0 Å². The Morgan fingerprint density at radius 2 is 1.81 bits per heavy atom. The number of nitro benzene ring substituents is 1. The van der Waals surface area contributed by atoms with Crippen molar-refractivity contribution in [3.05, 3.63) is 32.8 Å². The van der Waals surface area contributed by atoms with Gasteiger partial charge < -0.3 is 5.32 Å². The lowest BCUT2D eigenvalue weighted by atomic mass is 9.63. The molecule has 1 aromatic carbocycles. The minimum absolute atomic E-state index is 0.102. The molecule has 0 saturated heterocycles. The van der Waals surface area contributed by atoms with Crippen molar-refractivity contribution in [2.75, 3.05) is 5.32 Å². The molecule has 0 amide bonds. The number of nitrogens with one attached hydrogen (secondary N) is 1. The maximum atomic E-state index is 10.8. The Bertz CT molecular complexity index is 539. The molecule has 2 rings (SSSR count). The average molecular weight is 355 g/mol. The van der Waals surface area contributed by atoms with Gasteiger partial charge in [0.15, 0.2) is 0 Å². The summed E-state index contributed by atoms with van der Waals surface area (Å²) in [5, 5.41) is 14.4. The standard InChI is InChI=1S/C16H23BrN2O2/c1-15(2)8-12(9-16(3,4)10-15)18-11-5-6-14(19(20)21)13(17)7-11/h5-7,12,18H,8-10H2,1-4H3. The van der Waals surface area contributed by atoms with E-state index in [1.165, 1.54) is 6.42 Å². The van der Waals surface area contributed by atoms with Crippen LogP contribution in [0, 0.1) is 20.9 Å². The minimum atomic E-state index is -0.374. The van der Waals surface area contributed by atoms with E-state index in [0.29, 0.717) is 21.3 Å². The minimum Gasteiger partial charge on any atom is -0.382 e. The Morgan fingerprint density at radius 1 is 1.24 bits per heavy atom. The molecule has 0 atom stereocenters. The number of rotatable bonds is 3. The molecule has 5 heteroatoms. The van der Waals surface area contributed by atoms with Gasteiger partial charge >= 0.3 is 0 Å². The van der Waals surface area contributed by atoms with E-state index in [0.717, 1.165) is 18.5 Å². The third-order valence-corrected chi connectivity index (χ3v) is 4.71. The molecule has 0 unspecified atom stereocenters. The molecule has 1 aliphatic carbocycles. The van der Waals surface area contributed by atoms with E-state index in [9.17, 15) is 10.1 Å². The normalized spacial score (nSPS) is 21.0. The van der Waals surface area contributed by atoms with Gasteiger partial charge in [0, 0.05) is 17.8 Å². The largest absolute Gasteiger partial charge is 0.382 e. The van der Waals surface area contributed by atoms with Gasteiger partial charge in [0.1, 0.15) is 0 Å². The summed E-state index contributed by atoms with van der Waals surface area (Å²) in [5.41, 5.74) is 1.67. The number of nitro groups is 1. The lowest BCUT2D eigenvalue weighted by Crippen LogP contribution is -2.40. The van der Waals surface area contributed by atoms with Crippen molar-refractivity contribution >= 4 is 27.3 Å². The summed E-state index contributed by atoms with van der Waals surface area (Å²) in [6, 6.07) is 5.53.